The van der Waals surface area contributed by atoms with E-state index in [1.807, 2.05) is 18.2 Å². The van der Waals surface area contributed by atoms with E-state index in [0.29, 0.717) is 18.3 Å². The number of aromatic nitrogens is 2. The Morgan fingerprint density at radius 1 is 1.09 bits per heavy atom. The topological polar surface area (TPSA) is 66.9 Å². The minimum absolute atomic E-state index is 0.180. The lowest BCUT2D eigenvalue weighted by Crippen LogP contribution is -2.27. The third-order valence-electron chi connectivity index (χ3n) is 4.13. The number of carbonyl (C=O) groups excluding carboxylic acids is 1. The van der Waals surface area contributed by atoms with E-state index in [1.54, 1.807) is 6.20 Å². The molecule has 5 heteroatoms. The van der Waals surface area contributed by atoms with Gasteiger partial charge in [0.2, 0.25) is 0 Å². The molecule has 0 aliphatic heterocycles. The van der Waals surface area contributed by atoms with Gasteiger partial charge in [-0.05, 0) is 24.8 Å². The van der Waals surface area contributed by atoms with Crippen LogP contribution in [0, 0.1) is 0 Å². The van der Waals surface area contributed by atoms with Crippen LogP contribution in [0.25, 0.3) is 0 Å². The van der Waals surface area contributed by atoms with Crippen LogP contribution in [-0.4, -0.2) is 28.5 Å². The van der Waals surface area contributed by atoms with Gasteiger partial charge in [-0.3, -0.25) is 4.79 Å². The maximum Gasteiger partial charge on any atom is 0.271 e. The average Bonchev–Trinajstić information content (AvgIpc) is 3.09. The molecule has 2 aromatic rings. The fraction of sp³-hybridized carbons (Fsp3) is 0.389. The summed E-state index contributed by atoms with van der Waals surface area (Å²) < 4.78 is 0. The third-order valence-corrected chi connectivity index (χ3v) is 4.13. The van der Waals surface area contributed by atoms with E-state index in [1.165, 1.54) is 37.4 Å². The van der Waals surface area contributed by atoms with Crippen LogP contribution in [0.5, 0.6) is 0 Å². The van der Waals surface area contributed by atoms with Crippen LogP contribution >= 0.6 is 0 Å². The third kappa shape index (κ3) is 4.52. The number of benzene rings is 1. The molecule has 23 heavy (non-hydrogen) atoms. The Bertz CT molecular complexity index is 621. The monoisotopic (exact) mass is 310 g/mol. The molecule has 1 aliphatic rings. The summed E-state index contributed by atoms with van der Waals surface area (Å²) in [6.45, 7) is 0.590. The highest BCUT2D eigenvalue weighted by molar-refractivity contribution is 5.91. The lowest BCUT2D eigenvalue weighted by atomic mass is 10.1. The molecule has 1 fully saturated rings. The number of nitrogens with one attached hydrogen (secondary N) is 2. The van der Waals surface area contributed by atoms with Gasteiger partial charge in [0.15, 0.2) is 0 Å². The maximum atomic E-state index is 12.1. The number of amides is 1. The first-order valence-corrected chi connectivity index (χ1v) is 8.22. The van der Waals surface area contributed by atoms with Crippen LogP contribution in [0.3, 0.4) is 0 Å². The summed E-state index contributed by atoms with van der Waals surface area (Å²) in [4.78, 5) is 20.6. The lowest BCUT2D eigenvalue weighted by Gasteiger charge is -2.12. The van der Waals surface area contributed by atoms with E-state index in [-0.39, 0.29) is 5.91 Å². The highest BCUT2D eigenvalue weighted by atomic mass is 16.1. The van der Waals surface area contributed by atoms with Crippen LogP contribution in [0.4, 0.5) is 5.82 Å². The van der Waals surface area contributed by atoms with Crippen LogP contribution in [0.15, 0.2) is 42.7 Å². The molecule has 1 aromatic carbocycles. The van der Waals surface area contributed by atoms with Crippen molar-refractivity contribution in [1.29, 1.82) is 0 Å². The largest absolute Gasteiger partial charge is 0.366 e. The second kappa shape index (κ2) is 7.72. The van der Waals surface area contributed by atoms with E-state index in [4.69, 9.17) is 0 Å². The van der Waals surface area contributed by atoms with Crippen molar-refractivity contribution in [3.63, 3.8) is 0 Å². The fourth-order valence-corrected chi connectivity index (χ4v) is 2.85. The number of carbonyl (C=O) groups is 1. The minimum Gasteiger partial charge on any atom is -0.366 e. The minimum atomic E-state index is -0.180. The first kappa shape index (κ1) is 15.5. The molecule has 120 valence electrons. The van der Waals surface area contributed by atoms with Gasteiger partial charge in [-0.25, -0.2) is 9.97 Å². The van der Waals surface area contributed by atoms with Gasteiger partial charge in [-0.15, -0.1) is 0 Å². The molecule has 1 aromatic heterocycles. The van der Waals surface area contributed by atoms with Gasteiger partial charge in [0, 0.05) is 12.6 Å². The zero-order valence-electron chi connectivity index (χ0n) is 13.2. The number of anilines is 1. The standard InChI is InChI=1S/C18H22N4O/c23-18(19-11-10-14-6-2-1-3-7-14)16-12-21-17(13-20-16)22-15-8-4-5-9-15/h1-3,6-7,12-13,15H,4-5,8-11H2,(H,19,23)(H,21,22). The summed E-state index contributed by atoms with van der Waals surface area (Å²) >= 11 is 0. The fourth-order valence-electron chi connectivity index (χ4n) is 2.85. The van der Waals surface area contributed by atoms with E-state index in [0.717, 1.165) is 12.2 Å². The molecule has 0 bridgehead atoms. The molecule has 0 atom stereocenters. The molecule has 1 aliphatic carbocycles. The molecule has 1 saturated carbocycles. The van der Waals surface area contributed by atoms with Crippen LogP contribution in [-0.2, 0) is 6.42 Å². The molecule has 1 amide bonds. The summed E-state index contributed by atoms with van der Waals surface area (Å²) in [6.07, 6.45) is 8.90. The second-order valence-corrected chi connectivity index (χ2v) is 5.90. The maximum absolute atomic E-state index is 12.1. The number of nitrogens with zero attached hydrogens (tertiary/aromatic N) is 2. The Morgan fingerprint density at radius 3 is 2.57 bits per heavy atom. The predicted octanol–water partition coefficient (Wildman–Crippen LogP) is 2.80. The number of hydrogen-bond acceptors (Lipinski definition) is 4. The Kier molecular flexibility index (Phi) is 5.19. The lowest BCUT2D eigenvalue weighted by molar-refractivity contribution is 0.0949. The Balaban J connectivity index is 1.47. The first-order chi connectivity index (χ1) is 11.3. The zero-order chi connectivity index (χ0) is 15.9. The smallest absolute Gasteiger partial charge is 0.271 e. The predicted molar refractivity (Wildman–Crippen MR) is 90.4 cm³/mol. The van der Waals surface area contributed by atoms with E-state index < -0.39 is 0 Å². The van der Waals surface area contributed by atoms with Crippen molar-refractivity contribution in [2.45, 2.75) is 38.1 Å². The van der Waals surface area contributed by atoms with Gasteiger partial charge in [-0.1, -0.05) is 43.2 Å². The van der Waals surface area contributed by atoms with Crippen molar-refractivity contribution >= 4 is 11.7 Å². The number of hydrogen-bond donors (Lipinski definition) is 2. The molecule has 0 saturated heterocycles. The highest BCUT2D eigenvalue weighted by Crippen LogP contribution is 2.20. The van der Waals surface area contributed by atoms with Gasteiger partial charge in [0.1, 0.15) is 11.5 Å². The van der Waals surface area contributed by atoms with Gasteiger partial charge in [0.05, 0.1) is 12.4 Å². The van der Waals surface area contributed by atoms with Gasteiger partial charge in [0.25, 0.3) is 5.91 Å². The van der Waals surface area contributed by atoms with E-state index >= 15 is 0 Å². The molecule has 2 N–H and O–H groups in total. The van der Waals surface area contributed by atoms with Gasteiger partial charge in [-0.2, -0.15) is 0 Å². The summed E-state index contributed by atoms with van der Waals surface area (Å²) in [6, 6.07) is 10.6. The normalized spacial score (nSPS) is 14.6. The van der Waals surface area contributed by atoms with Crippen LogP contribution in [0.2, 0.25) is 0 Å². The molecule has 0 spiro atoms. The molecular weight excluding hydrogens is 288 g/mol. The Labute approximate surface area is 136 Å². The molecule has 5 nitrogen and oxygen atoms in total. The molecule has 1 heterocycles. The van der Waals surface area contributed by atoms with E-state index in [9.17, 15) is 4.79 Å². The van der Waals surface area contributed by atoms with Crippen molar-refractivity contribution in [2.24, 2.45) is 0 Å². The Hall–Kier alpha value is -2.43. The Morgan fingerprint density at radius 2 is 1.87 bits per heavy atom. The van der Waals surface area contributed by atoms with Crippen molar-refractivity contribution < 1.29 is 4.79 Å². The molecule has 3 rings (SSSR count). The molecule has 0 radical (unpaired) electrons. The van der Waals surface area contributed by atoms with Crippen LogP contribution in [0.1, 0.15) is 41.7 Å². The van der Waals surface area contributed by atoms with Gasteiger partial charge < -0.3 is 10.6 Å². The summed E-state index contributed by atoms with van der Waals surface area (Å²) in [5, 5.41) is 6.24. The van der Waals surface area contributed by atoms with Crippen molar-refractivity contribution in [2.75, 3.05) is 11.9 Å². The van der Waals surface area contributed by atoms with E-state index in [2.05, 4.69) is 32.7 Å². The molecular formula is C18H22N4O. The quantitative estimate of drug-likeness (QED) is 0.861. The van der Waals surface area contributed by atoms with Crippen molar-refractivity contribution in [3.05, 3.63) is 54.0 Å². The summed E-state index contributed by atoms with van der Waals surface area (Å²) in [5.74, 6) is 0.568. The molecule has 0 unspecified atom stereocenters. The highest BCUT2D eigenvalue weighted by Gasteiger charge is 2.15. The van der Waals surface area contributed by atoms with Crippen molar-refractivity contribution in [1.82, 2.24) is 15.3 Å². The SMILES string of the molecule is O=C(NCCc1ccccc1)c1cnc(NC2CCCC2)cn1. The zero-order valence-corrected chi connectivity index (χ0v) is 13.2. The average molecular weight is 310 g/mol. The second-order valence-electron chi connectivity index (χ2n) is 5.90. The number of rotatable bonds is 6. The van der Waals surface area contributed by atoms with Crippen LogP contribution < -0.4 is 10.6 Å². The van der Waals surface area contributed by atoms with Gasteiger partial charge >= 0.3 is 0 Å². The summed E-state index contributed by atoms with van der Waals surface area (Å²) in [5.41, 5.74) is 1.56. The first-order valence-electron chi connectivity index (χ1n) is 8.22. The van der Waals surface area contributed by atoms with Crippen molar-refractivity contribution in [3.8, 4) is 0 Å². The summed E-state index contributed by atoms with van der Waals surface area (Å²) in [7, 11) is 0.